The van der Waals surface area contributed by atoms with Gasteiger partial charge in [-0.3, -0.25) is 14.5 Å². The number of benzene rings is 2. The Bertz CT molecular complexity index is 1010. The number of amides is 2. The Morgan fingerprint density at radius 1 is 1.27 bits per heavy atom. The lowest BCUT2D eigenvalue weighted by atomic mass is 10.1. The molecular formula is C21H19FN2O4S2. The molecule has 0 radical (unpaired) electrons. The van der Waals surface area contributed by atoms with E-state index >= 15 is 0 Å². The van der Waals surface area contributed by atoms with E-state index in [2.05, 4.69) is 0 Å². The molecule has 6 nitrogen and oxygen atoms in total. The van der Waals surface area contributed by atoms with E-state index in [9.17, 15) is 24.2 Å². The second-order valence-electron chi connectivity index (χ2n) is 6.67. The number of phenolic OH excluding ortho intramolecular Hbond substituents is 1. The average Bonchev–Trinajstić information content (AvgIpc) is 2.97. The molecule has 0 aliphatic carbocycles. The van der Waals surface area contributed by atoms with Gasteiger partial charge in [-0.15, -0.1) is 0 Å². The number of nitrogens with zero attached hydrogens (tertiary/aromatic N) is 2. The zero-order chi connectivity index (χ0) is 21.8. The molecule has 1 fully saturated rings. The third-order valence-electron chi connectivity index (χ3n) is 4.51. The number of rotatable bonds is 6. The van der Waals surface area contributed by atoms with E-state index in [4.69, 9.17) is 12.2 Å². The van der Waals surface area contributed by atoms with E-state index in [1.807, 2.05) is 0 Å². The number of aliphatic hydroxyl groups excluding tert-OH is 1. The maximum Gasteiger partial charge on any atom is 0.266 e. The molecule has 1 saturated heterocycles. The van der Waals surface area contributed by atoms with Gasteiger partial charge in [-0.05, 0) is 29.8 Å². The first-order chi connectivity index (χ1) is 14.3. The smallest absolute Gasteiger partial charge is 0.266 e. The van der Waals surface area contributed by atoms with E-state index in [0.717, 1.165) is 11.8 Å². The molecule has 156 valence electrons. The van der Waals surface area contributed by atoms with Crippen molar-refractivity contribution in [2.24, 2.45) is 0 Å². The number of halogens is 1. The number of phenols is 1. The number of aliphatic hydroxyl groups is 1. The molecule has 0 bridgehead atoms. The van der Waals surface area contributed by atoms with Crippen LogP contribution < -0.4 is 0 Å². The van der Waals surface area contributed by atoms with Gasteiger partial charge in [0.1, 0.15) is 22.4 Å². The van der Waals surface area contributed by atoms with Crippen LogP contribution in [0.2, 0.25) is 0 Å². The highest BCUT2D eigenvalue weighted by Crippen LogP contribution is 2.33. The van der Waals surface area contributed by atoms with Crippen molar-refractivity contribution in [1.82, 2.24) is 9.80 Å². The topological polar surface area (TPSA) is 81.1 Å². The Balaban J connectivity index is 1.64. The van der Waals surface area contributed by atoms with Gasteiger partial charge in [0, 0.05) is 12.6 Å². The minimum absolute atomic E-state index is 0.00344. The van der Waals surface area contributed by atoms with Crippen molar-refractivity contribution in [3.63, 3.8) is 0 Å². The molecule has 2 amide bonds. The van der Waals surface area contributed by atoms with Crippen LogP contribution >= 0.6 is 24.0 Å². The van der Waals surface area contributed by atoms with Crippen molar-refractivity contribution in [2.75, 3.05) is 20.1 Å². The summed E-state index contributed by atoms with van der Waals surface area (Å²) in [4.78, 5) is 27.9. The van der Waals surface area contributed by atoms with Crippen LogP contribution in [-0.4, -0.2) is 56.3 Å². The molecule has 0 aromatic heterocycles. The molecule has 1 aliphatic heterocycles. The molecule has 9 heteroatoms. The molecule has 30 heavy (non-hydrogen) atoms. The fourth-order valence-electron chi connectivity index (χ4n) is 2.79. The predicted octanol–water partition coefficient (Wildman–Crippen LogP) is 2.92. The number of aromatic hydroxyl groups is 1. The lowest BCUT2D eigenvalue weighted by Gasteiger charge is -2.23. The van der Waals surface area contributed by atoms with E-state index in [0.29, 0.717) is 5.56 Å². The molecular weight excluding hydrogens is 427 g/mol. The number of carbonyl (C=O) groups excluding carboxylic acids is 2. The van der Waals surface area contributed by atoms with Crippen molar-refractivity contribution in [3.8, 4) is 5.75 Å². The van der Waals surface area contributed by atoms with E-state index < -0.39 is 23.7 Å². The summed E-state index contributed by atoms with van der Waals surface area (Å²) in [5.41, 5.74) is 0.810. The highest BCUT2D eigenvalue weighted by molar-refractivity contribution is 8.26. The van der Waals surface area contributed by atoms with Gasteiger partial charge in [0.15, 0.2) is 0 Å². The minimum atomic E-state index is -0.952. The molecule has 2 aromatic carbocycles. The largest absolute Gasteiger partial charge is 0.508 e. The van der Waals surface area contributed by atoms with Gasteiger partial charge in [0.25, 0.3) is 5.91 Å². The molecule has 0 saturated carbocycles. The average molecular weight is 447 g/mol. The molecule has 1 heterocycles. The Morgan fingerprint density at radius 3 is 2.60 bits per heavy atom. The van der Waals surface area contributed by atoms with Gasteiger partial charge in [0.2, 0.25) is 5.91 Å². The standard InChI is InChI=1S/C21H19FN2O4S2/c1-23(11-17(26)13-6-8-15(25)9-7-13)19(27)12-24-20(28)18(30-21(24)29)10-14-4-2-3-5-16(14)22/h2-10,17,25-26H,11-12H2,1H3/b18-10+/t17-/m0/s1. The van der Waals surface area contributed by atoms with Gasteiger partial charge in [-0.2, -0.15) is 0 Å². The Kier molecular flexibility index (Phi) is 6.86. The van der Waals surface area contributed by atoms with Crippen LogP contribution in [0, 0.1) is 5.82 Å². The lowest BCUT2D eigenvalue weighted by Crippen LogP contribution is -2.41. The lowest BCUT2D eigenvalue weighted by molar-refractivity contribution is -0.135. The SMILES string of the molecule is CN(C[C@H](O)c1ccc(O)cc1)C(=O)CN1C(=O)/C(=C\c2ccccc2F)SC1=S. The predicted molar refractivity (Wildman–Crippen MR) is 117 cm³/mol. The summed E-state index contributed by atoms with van der Waals surface area (Å²) in [6, 6.07) is 12.1. The summed E-state index contributed by atoms with van der Waals surface area (Å²) in [7, 11) is 1.51. The fourth-order valence-corrected chi connectivity index (χ4v) is 4.03. The summed E-state index contributed by atoms with van der Waals surface area (Å²) < 4.78 is 14.1. The maximum absolute atomic E-state index is 13.9. The summed E-state index contributed by atoms with van der Waals surface area (Å²) >= 11 is 6.22. The Hall–Kier alpha value is -2.75. The quantitative estimate of drug-likeness (QED) is 0.525. The fraction of sp³-hybridized carbons (Fsp3) is 0.190. The van der Waals surface area contributed by atoms with Crippen molar-refractivity contribution >= 4 is 46.2 Å². The maximum atomic E-state index is 13.9. The first-order valence-electron chi connectivity index (χ1n) is 8.97. The van der Waals surface area contributed by atoms with Gasteiger partial charge < -0.3 is 15.1 Å². The van der Waals surface area contributed by atoms with Crippen molar-refractivity contribution in [2.45, 2.75) is 6.10 Å². The third-order valence-corrected chi connectivity index (χ3v) is 5.89. The Labute approximate surface area is 182 Å². The molecule has 2 N–H and O–H groups in total. The first kappa shape index (κ1) is 21.9. The number of hydrogen-bond donors (Lipinski definition) is 2. The first-order valence-corrected chi connectivity index (χ1v) is 10.2. The van der Waals surface area contributed by atoms with Gasteiger partial charge in [-0.25, -0.2) is 4.39 Å². The number of likely N-dealkylation sites (N-methyl/N-ethyl adjacent to an activating group) is 1. The van der Waals surface area contributed by atoms with E-state index in [1.165, 1.54) is 41.1 Å². The van der Waals surface area contributed by atoms with Crippen LogP contribution in [-0.2, 0) is 9.59 Å². The van der Waals surface area contributed by atoms with Crippen molar-refractivity contribution < 1.29 is 24.2 Å². The van der Waals surface area contributed by atoms with Crippen LogP contribution in [0.4, 0.5) is 4.39 Å². The number of thiocarbonyl (C=S) groups is 1. The van der Waals surface area contributed by atoms with Crippen LogP contribution in [0.3, 0.4) is 0 Å². The van der Waals surface area contributed by atoms with E-state index in [-0.39, 0.29) is 33.6 Å². The van der Waals surface area contributed by atoms with Crippen LogP contribution in [0.1, 0.15) is 17.2 Å². The normalized spacial score (nSPS) is 16.2. The van der Waals surface area contributed by atoms with E-state index in [1.54, 1.807) is 30.3 Å². The summed E-state index contributed by atoms with van der Waals surface area (Å²) in [6.07, 6.45) is 0.462. The van der Waals surface area contributed by atoms with Crippen molar-refractivity contribution in [3.05, 3.63) is 70.4 Å². The van der Waals surface area contributed by atoms with Crippen molar-refractivity contribution in [1.29, 1.82) is 0 Å². The van der Waals surface area contributed by atoms with Gasteiger partial charge in [-0.1, -0.05) is 54.3 Å². The number of thioether (sulfide) groups is 1. The highest BCUT2D eigenvalue weighted by atomic mass is 32.2. The van der Waals surface area contributed by atoms with Crippen LogP contribution in [0.5, 0.6) is 5.75 Å². The highest BCUT2D eigenvalue weighted by Gasteiger charge is 2.34. The van der Waals surface area contributed by atoms with Crippen LogP contribution in [0.15, 0.2) is 53.4 Å². The summed E-state index contributed by atoms with van der Waals surface area (Å²) in [6.45, 7) is -0.276. The van der Waals surface area contributed by atoms with Gasteiger partial charge in [0.05, 0.1) is 17.6 Å². The Morgan fingerprint density at radius 2 is 1.93 bits per heavy atom. The summed E-state index contributed by atoms with van der Waals surface area (Å²) in [5.74, 6) is -1.25. The monoisotopic (exact) mass is 446 g/mol. The number of carbonyl (C=O) groups is 2. The zero-order valence-corrected chi connectivity index (χ0v) is 17.6. The zero-order valence-electron chi connectivity index (χ0n) is 16.0. The second kappa shape index (κ2) is 9.38. The molecule has 3 rings (SSSR count). The summed E-state index contributed by atoms with van der Waals surface area (Å²) in [5, 5.41) is 19.6. The number of hydrogen-bond acceptors (Lipinski definition) is 6. The molecule has 1 aliphatic rings. The molecule has 0 unspecified atom stereocenters. The minimum Gasteiger partial charge on any atom is -0.508 e. The molecule has 0 spiro atoms. The second-order valence-corrected chi connectivity index (χ2v) is 8.35. The van der Waals surface area contributed by atoms with Crippen LogP contribution in [0.25, 0.3) is 6.08 Å². The van der Waals surface area contributed by atoms with Gasteiger partial charge >= 0.3 is 0 Å². The third kappa shape index (κ3) is 5.05. The molecule has 1 atom stereocenters. The molecule has 2 aromatic rings.